The third-order valence-electron chi connectivity index (χ3n) is 18.8. The molecule has 0 spiro atoms. The van der Waals surface area contributed by atoms with Crippen molar-refractivity contribution in [2.45, 2.75) is 214 Å². The van der Waals surface area contributed by atoms with Crippen molar-refractivity contribution < 1.29 is 67.0 Å². The summed E-state index contributed by atoms with van der Waals surface area (Å²) in [6.45, 7) is 20.1. The largest absolute Gasteiger partial charge is 0.467 e. The van der Waals surface area contributed by atoms with E-state index in [-0.39, 0.29) is 104 Å². The van der Waals surface area contributed by atoms with Crippen LogP contribution in [0.5, 0.6) is 0 Å². The number of amides is 11. The Morgan fingerprint density at radius 1 is 0.708 bits per heavy atom. The predicted molar refractivity (Wildman–Crippen MR) is 366 cm³/mol. The molecule has 1 unspecified atom stereocenters. The molecule has 2 heterocycles. The Morgan fingerprint density at radius 3 is 1.94 bits per heavy atom. The topological polar surface area (TPSA) is 327 Å². The Hall–Kier alpha value is -7.51. The monoisotopic (exact) mass is 1340 g/mol. The van der Waals surface area contributed by atoms with Gasteiger partial charge in [0.2, 0.25) is 53.2 Å². The number of benzene rings is 2. The van der Waals surface area contributed by atoms with Crippen molar-refractivity contribution >= 4 is 70.9 Å². The SMILES string of the molecule is CC[C@H](C)[C@@H]([C@@H](CC(=O)N1CCC[C@H]1[C@H](OC)[C@@H](C)C(=O)N[C@@H](Cc1ccccc1)C(=O)OC)OC)N(C)C(=O)[C@@H](NC(=O)[C@H](C(C)C)N(C)CCc1ccc(NC(=O)[C@H](CCCCNC(N)=O)NC(=O)[C@@H](NC(=O)CCCCCN2C(=O)CC(C)C2=O)C(C)C)cc1)C(C)C. The van der Waals surface area contributed by atoms with Gasteiger partial charge in [-0.15, -0.1) is 0 Å². The van der Waals surface area contributed by atoms with Crippen LogP contribution in [0.15, 0.2) is 54.6 Å². The third kappa shape index (κ3) is 24.2. The van der Waals surface area contributed by atoms with Crippen LogP contribution in [0.25, 0.3) is 0 Å². The Labute approximate surface area is 569 Å². The van der Waals surface area contributed by atoms with Crippen molar-refractivity contribution in [3.63, 3.8) is 0 Å². The molecule has 0 bridgehead atoms. The average Bonchev–Trinajstić information content (AvgIpc) is 1.41. The number of nitrogens with one attached hydrogen (secondary N) is 6. The maximum atomic E-state index is 14.9. The number of imide groups is 1. The lowest BCUT2D eigenvalue weighted by molar-refractivity contribution is -0.149. The Kier molecular flexibility index (Phi) is 33.9. The second-order valence-corrected chi connectivity index (χ2v) is 27.1. The second-order valence-electron chi connectivity index (χ2n) is 27.1. The number of likely N-dealkylation sites (tertiary alicyclic amines) is 2. The van der Waals surface area contributed by atoms with Crippen LogP contribution in [0.2, 0.25) is 0 Å². The van der Waals surface area contributed by atoms with E-state index in [2.05, 4.69) is 31.9 Å². The molecule has 12 atom stereocenters. The van der Waals surface area contributed by atoms with Gasteiger partial charge in [0.25, 0.3) is 0 Å². The summed E-state index contributed by atoms with van der Waals surface area (Å²) in [7, 11) is 7.86. The number of carbonyl (C=O) groups excluding carboxylic acids is 11. The van der Waals surface area contributed by atoms with Gasteiger partial charge in [-0.3, -0.25) is 53.0 Å². The van der Waals surface area contributed by atoms with Gasteiger partial charge in [0, 0.05) is 78.3 Å². The quantitative estimate of drug-likeness (QED) is 0.0245. The Morgan fingerprint density at radius 2 is 1.36 bits per heavy atom. The van der Waals surface area contributed by atoms with E-state index in [0.29, 0.717) is 83.1 Å². The number of methoxy groups -OCH3 is 3. The van der Waals surface area contributed by atoms with Gasteiger partial charge in [-0.1, -0.05) is 125 Å². The number of nitrogens with zero attached hydrogens (tertiary/aromatic N) is 4. The lowest BCUT2D eigenvalue weighted by Crippen LogP contribution is -2.60. The first kappa shape index (κ1) is 80.9. The first-order valence-corrected chi connectivity index (χ1v) is 34.4. The molecule has 4 rings (SSSR count). The highest BCUT2D eigenvalue weighted by Gasteiger charge is 2.44. The van der Waals surface area contributed by atoms with Crippen molar-refractivity contribution in [1.82, 2.24) is 46.2 Å². The Bertz CT molecular complexity index is 2880. The van der Waals surface area contributed by atoms with Gasteiger partial charge < -0.3 is 61.6 Å². The van der Waals surface area contributed by atoms with Crippen molar-refractivity contribution in [3.8, 4) is 0 Å². The molecule has 0 aliphatic carbocycles. The highest BCUT2D eigenvalue weighted by atomic mass is 16.5. The van der Waals surface area contributed by atoms with Crippen LogP contribution < -0.4 is 37.6 Å². The summed E-state index contributed by atoms with van der Waals surface area (Å²) in [6.07, 6.45) is 4.24. The molecule has 96 heavy (non-hydrogen) atoms. The molecule has 536 valence electrons. The van der Waals surface area contributed by atoms with Gasteiger partial charge in [-0.25, -0.2) is 9.59 Å². The molecular formula is C71H113N11O14. The summed E-state index contributed by atoms with van der Waals surface area (Å²) in [4.78, 5) is 154. The number of likely N-dealkylation sites (N-methyl/N-ethyl adjacent to an activating group) is 2. The van der Waals surface area contributed by atoms with Crippen molar-refractivity contribution in [1.29, 1.82) is 0 Å². The maximum absolute atomic E-state index is 14.9. The normalized spacial score (nSPS) is 18.0. The highest BCUT2D eigenvalue weighted by Crippen LogP contribution is 2.31. The van der Waals surface area contributed by atoms with Gasteiger partial charge in [0.15, 0.2) is 0 Å². The van der Waals surface area contributed by atoms with E-state index >= 15 is 0 Å². The summed E-state index contributed by atoms with van der Waals surface area (Å²) in [5.74, 6) is -5.63. The molecular weight excluding hydrogens is 1230 g/mol. The summed E-state index contributed by atoms with van der Waals surface area (Å²) in [5, 5.41) is 17.1. The van der Waals surface area contributed by atoms with Gasteiger partial charge >= 0.3 is 12.0 Å². The molecule has 11 amide bonds. The molecule has 8 N–H and O–H groups in total. The third-order valence-corrected chi connectivity index (χ3v) is 18.8. The number of anilines is 1. The second kappa shape index (κ2) is 40.3. The zero-order chi connectivity index (χ0) is 71.5. The van der Waals surface area contributed by atoms with E-state index in [4.69, 9.17) is 19.9 Å². The molecule has 2 aliphatic heterocycles. The van der Waals surface area contributed by atoms with Crippen molar-refractivity contribution in [3.05, 3.63) is 65.7 Å². The number of rotatable bonds is 41. The molecule has 0 radical (unpaired) electrons. The van der Waals surface area contributed by atoms with Crippen LogP contribution in [0.1, 0.15) is 157 Å². The molecule has 2 fully saturated rings. The van der Waals surface area contributed by atoms with Crippen LogP contribution in [0.4, 0.5) is 10.5 Å². The highest BCUT2D eigenvalue weighted by molar-refractivity contribution is 6.03. The summed E-state index contributed by atoms with van der Waals surface area (Å²) in [6, 6.07) is 10.4. The smallest absolute Gasteiger partial charge is 0.328 e. The zero-order valence-electron chi connectivity index (χ0n) is 59.7. The minimum atomic E-state index is -1.01. The van der Waals surface area contributed by atoms with Crippen LogP contribution in [-0.4, -0.2) is 201 Å². The van der Waals surface area contributed by atoms with Crippen LogP contribution in [0.3, 0.4) is 0 Å². The number of urea groups is 1. The lowest BCUT2D eigenvalue weighted by Gasteiger charge is -2.41. The van der Waals surface area contributed by atoms with E-state index < -0.39 is 90.1 Å². The van der Waals surface area contributed by atoms with Crippen LogP contribution in [0, 0.1) is 35.5 Å². The van der Waals surface area contributed by atoms with E-state index in [1.54, 1.807) is 56.7 Å². The van der Waals surface area contributed by atoms with E-state index in [0.717, 1.165) is 11.1 Å². The predicted octanol–water partition coefficient (Wildman–Crippen LogP) is 5.51. The van der Waals surface area contributed by atoms with Crippen LogP contribution >= 0.6 is 0 Å². The molecule has 0 aromatic heterocycles. The van der Waals surface area contributed by atoms with E-state index in [1.807, 2.05) is 96.0 Å². The average molecular weight is 1340 g/mol. The van der Waals surface area contributed by atoms with Crippen molar-refractivity contribution in [2.24, 2.45) is 41.2 Å². The number of carbonyl (C=O) groups is 11. The first-order chi connectivity index (χ1) is 45.5. The minimum Gasteiger partial charge on any atom is -0.467 e. The molecule has 2 aromatic carbocycles. The van der Waals surface area contributed by atoms with Gasteiger partial charge in [-0.2, -0.15) is 0 Å². The van der Waals surface area contributed by atoms with Gasteiger partial charge in [-0.05, 0) is 105 Å². The van der Waals surface area contributed by atoms with Gasteiger partial charge in [0.1, 0.15) is 24.2 Å². The van der Waals surface area contributed by atoms with E-state index in [1.165, 1.54) is 26.2 Å². The fourth-order valence-corrected chi connectivity index (χ4v) is 13.0. The molecule has 2 aliphatic rings. The summed E-state index contributed by atoms with van der Waals surface area (Å²) >= 11 is 0. The number of esters is 1. The lowest BCUT2D eigenvalue weighted by atomic mass is 9.89. The molecule has 25 heteroatoms. The summed E-state index contributed by atoms with van der Waals surface area (Å²) in [5.41, 5.74) is 7.48. The summed E-state index contributed by atoms with van der Waals surface area (Å²) < 4.78 is 17.2. The fourth-order valence-electron chi connectivity index (χ4n) is 13.0. The standard InChI is InChI=1S/C71H113N11O14/c1-16-46(8)62(55(94-13)42-58(85)81-38-25-29-54(81)63(95-14)48(10)64(86)76-53(70(92)96-15)41-50-26-19-17-20-27-50)80(12)69(91)60(44(4)5)78-67(89)61(45(6)7)79(11)39-35-49-31-33-51(34-32-49)74-65(87)52(28-22-23-36-73-71(72)93)75-66(88)59(43(2)3)77-56(83)30-21-18-24-37-82-57(84)40-47(9)68(82)90/h17,19-20,26-27,31-34,43-48,52-55,59-63H,16,18,21-25,28-30,35-42H2,1-15H3,(H,74,87)(H,75,88)(H,76,86)(H,77,83)(H,78,89)(H3,72,73,93)/t46-,47?,48+,52-,53-,54-,55+,59-,60-,61-,62-,63+/m0/s1. The zero-order valence-corrected chi connectivity index (χ0v) is 59.7. The first-order valence-electron chi connectivity index (χ1n) is 34.4. The number of nitrogens with two attached hydrogens (primary N) is 1. The minimum absolute atomic E-state index is 0.0710. The maximum Gasteiger partial charge on any atom is 0.328 e. The number of primary amides is 1. The Balaban J connectivity index is 1.39. The van der Waals surface area contributed by atoms with Gasteiger partial charge in [0.05, 0.1) is 49.8 Å². The molecule has 2 aromatic rings. The van der Waals surface area contributed by atoms with E-state index in [9.17, 15) is 52.7 Å². The fraction of sp³-hybridized carbons (Fsp3) is 0.676. The van der Waals surface area contributed by atoms with Crippen molar-refractivity contribution in [2.75, 3.05) is 66.9 Å². The molecule has 0 saturated carbocycles. The number of hydrogen-bond donors (Lipinski definition) is 7. The molecule has 2 saturated heterocycles. The number of ether oxygens (including phenoxy) is 3. The van der Waals surface area contributed by atoms with Crippen LogP contribution in [-0.2, 0) is 75.0 Å². The number of unbranched alkanes of at least 4 members (excludes halogenated alkanes) is 3. The molecule has 25 nitrogen and oxygen atoms in total. The number of hydrogen-bond acceptors (Lipinski definition) is 15.